The van der Waals surface area contributed by atoms with E-state index in [1.807, 2.05) is 19.1 Å². The SMILES string of the molecule is Cc1nnc(Sc2ccc(Cl)cc2CNCC(C)C)s1. The lowest BCUT2D eigenvalue weighted by Crippen LogP contribution is -2.19. The minimum atomic E-state index is 0.635. The summed E-state index contributed by atoms with van der Waals surface area (Å²) in [6, 6.07) is 5.99. The zero-order valence-corrected chi connectivity index (χ0v) is 14.2. The standard InChI is InChI=1S/C14H18ClN3S2/c1-9(2)7-16-8-11-6-12(15)4-5-13(11)20-14-18-17-10(3)19-14/h4-6,9,16H,7-8H2,1-3H3. The number of halogens is 1. The number of nitrogens with zero attached hydrogens (tertiary/aromatic N) is 2. The average molecular weight is 328 g/mol. The summed E-state index contributed by atoms with van der Waals surface area (Å²) in [6.45, 7) is 8.18. The molecule has 0 spiro atoms. The Morgan fingerprint density at radius 2 is 2.15 bits per heavy atom. The van der Waals surface area contributed by atoms with E-state index in [4.69, 9.17) is 11.6 Å². The van der Waals surface area contributed by atoms with E-state index in [1.54, 1.807) is 23.1 Å². The van der Waals surface area contributed by atoms with Gasteiger partial charge in [0.15, 0.2) is 4.34 Å². The molecular weight excluding hydrogens is 310 g/mol. The van der Waals surface area contributed by atoms with Gasteiger partial charge < -0.3 is 5.32 Å². The van der Waals surface area contributed by atoms with Gasteiger partial charge in [0, 0.05) is 16.5 Å². The Bertz CT molecular complexity index is 569. The van der Waals surface area contributed by atoms with Crippen LogP contribution in [0.1, 0.15) is 24.4 Å². The van der Waals surface area contributed by atoms with Gasteiger partial charge in [0.05, 0.1) is 0 Å². The first-order valence-electron chi connectivity index (χ1n) is 6.51. The molecule has 20 heavy (non-hydrogen) atoms. The van der Waals surface area contributed by atoms with E-state index in [9.17, 15) is 0 Å². The molecule has 6 heteroatoms. The second-order valence-corrected chi connectivity index (χ2v) is 7.87. The Balaban J connectivity index is 2.10. The number of aromatic nitrogens is 2. The quantitative estimate of drug-likeness (QED) is 0.853. The third-order valence-corrected chi connectivity index (χ3v) is 4.84. The maximum atomic E-state index is 6.10. The van der Waals surface area contributed by atoms with Crippen molar-refractivity contribution in [3.63, 3.8) is 0 Å². The first-order chi connectivity index (χ1) is 9.54. The van der Waals surface area contributed by atoms with E-state index in [-0.39, 0.29) is 0 Å². The van der Waals surface area contributed by atoms with Crippen LogP contribution in [0.2, 0.25) is 5.02 Å². The molecular formula is C14H18ClN3S2. The predicted molar refractivity (Wildman–Crippen MR) is 86.8 cm³/mol. The third-order valence-electron chi connectivity index (χ3n) is 2.60. The fraction of sp³-hybridized carbons (Fsp3) is 0.429. The van der Waals surface area contributed by atoms with Gasteiger partial charge in [-0.2, -0.15) is 0 Å². The summed E-state index contributed by atoms with van der Waals surface area (Å²) in [5, 5.41) is 13.4. The topological polar surface area (TPSA) is 37.8 Å². The molecule has 108 valence electrons. The van der Waals surface area contributed by atoms with Crippen molar-refractivity contribution in [2.75, 3.05) is 6.54 Å². The number of hydrogen-bond acceptors (Lipinski definition) is 5. The van der Waals surface area contributed by atoms with Gasteiger partial charge in [0.1, 0.15) is 5.01 Å². The summed E-state index contributed by atoms with van der Waals surface area (Å²) in [5.74, 6) is 0.635. The van der Waals surface area contributed by atoms with Gasteiger partial charge in [-0.25, -0.2) is 0 Å². The summed E-state index contributed by atoms with van der Waals surface area (Å²) >= 11 is 9.36. The second kappa shape index (κ2) is 7.41. The van der Waals surface area contributed by atoms with Crippen LogP contribution in [-0.4, -0.2) is 16.7 Å². The molecule has 0 radical (unpaired) electrons. The number of nitrogens with one attached hydrogen (secondary N) is 1. The van der Waals surface area contributed by atoms with Crippen molar-refractivity contribution in [3.05, 3.63) is 33.8 Å². The Hall–Kier alpha value is -0.620. The van der Waals surface area contributed by atoms with Crippen LogP contribution in [0.25, 0.3) is 0 Å². The Kier molecular flexibility index (Phi) is 5.84. The maximum absolute atomic E-state index is 6.10. The highest BCUT2D eigenvalue weighted by molar-refractivity contribution is 8.01. The van der Waals surface area contributed by atoms with E-state index >= 15 is 0 Å². The number of hydrogen-bond donors (Lipinski definition) is 1. The zero-order chi connectivity index (χ0) is 14.5. The highest BCUT2D eigenvalue weighted by atomic mass is 35.5. The van der Waals surface area contributed by atoms with Crippen LogP contribution in [0.15, 0.2) is 27.4 Å². The molecule has 0 aliphatic rings. The van der Waals surface area contributed by atoms with Gasteiger partial charge in [-0.3, -0.25) is 0 Å². The first-order valence-corrected chi connectivity index (χ1v) is 8.53. The van der Waals surface area contributed by atoms with E-state index in [0.717, 1.165) is 27.5 Å². The molecule has 0 unspecified atom stereocenters. The molecule has 2 rings (SSSR count). The number of aryl methyl sites for hydroxylation is 1. The second-order valence-electron chi connectivity index (χ2n) is 4.97. The molecule has 1 N–H and O–H groups in total. The molecule has 0 amide bonds. The van der Waals surface area contributed by atoms with Crippen molar-refractivity contribution in [3.8, 4) is 0 Å². The van der Waals surface area contributed by atoms with Crippen molar-refractivity contribution in [2.45, 2.75) is 36.6 Å². The fourth-order valence-corrected chi connectivity index (χ4v) is 3.77. The molecule has 0 saturated heterocycles. The molecule has 0 saturated carbocycles. The van der Waals surface area contributed by atoms with Crippen molar-refractivity contribution in [1.29, 1.82) is 0 Å². The van der Waals surface area contributed by atoms with Gasteiger partial charge in [-0.15, -0.1) is 10.2 Å². The monoisotopic (exact) mass is 327 g/mol. The smallest absolute Gasteiger partial charge is 0.179 e. The first kappa shape index (κ1) is 15.8. The van der Waals surface area contributed by atoms with Gasteiger partial charge in [-0.1, -0.05) is 48.5 Å². The number of benzene rings is 1. The van der Waals surface area contributed by atoms with Crippen LogP contribution in [-0.2, 0) is 6.54 Å². The lowest BCUT2D eigenvalue weighted by Gasteiger charge is -2.11. The van der Waals surface area contributed by atoms with Crippen LogP contribution in [0.3, 0.4) is 0 Å². The Morgan fingerprint density at radius 3 is 2.80 bits per heavy atom. The van der Waals surface area contributed by atoms with E-state index in [0.29, 0.717) is 5.92 Å². The predicted octanol–water partition coefficient (Wildman–Crippen LogP) is 4.40. The molecule has 2 aromatic rings. The fourth-order valence-electron chi connectivity index (χ4n) is 1.69. The Morgan fingerprint density at radius 1 is 1.35 bits per heavy atom. The van der Waals surface area contributed by atoms with E-state index in [1.165, 1.54) is 10.5 Å². The molecule has 0 aliphatic heterocycles. The lowest BCUT2D eigenvalue weighted by molar-refractivity contribution is 0.550. The normalized spacial score (nSPS) is 11.2. The minimum absolute atomic E-state index is 0.635. The van der Waals surface area contributed by atoms with Gasteiger partial charge in [0.2, 0.25) is 0 Å². The van der Waals surface area contributed by atoms with Crippen molar-refractivity contribution in [1.82, 2.24) is 15.5 Å². The molecule has 1 aromatic carbocycles. The minimum Gasteiger partial charge on any atom is -0.312 e. The van der Waals surface area contributed by atoms with Crippen LogP contribution >= 0.6 is 34.7 Å². The average Bonchev–Trinajstić information content (AvgIpc) is 2.78. The van der Waals surface area contributed by atoms with Crippen molar-refractivity contribution >= 4 is 34.7 Å². The molecule has 0 bridgehead atoms. The highest BCUT2D eigenvalue weighted by Crippen LogP contribution is 2.33. The molecule has 1 aromatic heterocycles. The van der Waals surface area contributed by atoms with E-state index < -0.39 is 0 Å². The summed E-state index contributed by atoms with van der Waals surface area (Å²) < 4.78 is 0.968. The summed E-state index contributed by atoms with van der Waals surface area (Å²) in [6.07, 6.45) is 0. The molecule has 3 nitrogen and oxygen atoms in total. The molecule has 0 aliphatic carbocycles. The zero-order valence-electron chi connectivity index (χ0n) is 11.8. The Labute approximate surface area is 133 Å². The maximum Gasteiger partial charge on any atom is 0.179 e. The molecule has 0 atom stereocenters. The highest BCUT2D eigenvalue weighted by Gasteiger charge is 2.09. The summed E-state index contributed by atoms with van der Waals surface area (Å²) in [7, 11) is 0. The van der Waals surface area contributed by atoms with Gasteiger partial charge >= 0.3 is 0 Å². The third kappa shape index (κ3) is 4.74. The molecule has 1 heterocycles. The van der Waals surface area contributed by atoms with Gasteiger partial charge in [0.25, 0.3) is 0 Å². The summed E-state index contributed by atoms with van der Waals surface area (Å²) in [4.78, 5) is 1.18. The van der Waals surface area contributed by atoms with Crippen LogP contribution in [0.4, 0.5) is 0 Å². The number of rotatable bonds is 6. The largest absolute Gasteiger partial charge is 0.312 e. The summed E-state index contributed by atoms with van der Waals surface area (Å²) in [5.41, 5.74) is 1.20. The molecule has 0 fully saturated rings. The van der Waals surface area contributed by atoms with Crippen molar-refractivity contribution < 1.29 is 0 Å². The van der Waals surface area contributed by atoms with E-state index in [2.05, 4.69) is 35.4 Å². The lowest BCUT2D eigenvalue weighted by atomic mass is 10.2. The van der Waals surface area contributed by atoms with Crippen LogP contribution < -0.4 is 5.32 Å². The van der Waals surface area contributed by atoms with Crippen LogP contribution in [0.5, 0.6) is 0 Å². The van der Waals surface area contributed by atoms with Crippen molar-refractivity contribution in [2.24, 2.45) is 5.92 Å². The van der Waals surface area contributed by atoms with Crippen LogP contribution in [0, 0.1) is 12.8 Å². The van der Waals surface area contributed by atoms with Gasteiger partial charge in [-0.05, 0) is 43.1 Å².